The van der Waals surface area contributed by atoms with Crippen molar-refractivity contribution in [2.75, 3.05) is 10.0 Å². The van der Waals surface area contributed by atoms with Crippen molar-refractivity contribution in [3.63, 3.8) is 0 Å². The maximum atomic E-state index is 13.7. The number of benzene rings is 2. The molecule has 2 N–H and O–H groups in total. The number of hydrogen-bond donors (Lipinski definition) is 2. The van der Waals surface area contributed by atoms with E-state index in [9.17, 15) is 27.7 Å². The molecule has 3 aromatic rings. The standard InChI is InChI=1S/C17H12FN3O6S/c18-13-3-1-2-4-15(13)28(25,26)20-12-7-5-11(6-8-12)19-17(22)14-9-10-16(27-14)21(23)24/h1-10,20H,(H,19,22). The molecule has 1 amide bonds. The summed E-state index contributed by atoms with van der Waals surface area (Å²) in [5.41, 5.74) is 0.438. The predicted molar refractivity (Wildman–Crippen MR) is 97.0 cm³/mol. The summed E-state index contributed by atoms with van der Waals surface area (Å²) in [6.07, 6.45) is 0. The maximum absolute atomic E-state index is 13.7. The van der Waals surface area contributed by atoms with Gasteiger partial charge in [0, 0.05) is 11.4 Å². The number of furan rings is 1. The van der Waals surface area contributed by atoms with Gasteiger partial charge in [0.2, 0.25) is 0 Å². The van der Waals surface area contributed by atoms with E-state index < -0.39 is 37.5 Å². The number of amides is 1. The van der Waals surface area contributed by atoms with E-state index in [-0.39, 0.29) is 17.1 Å². The molecule has 0 radical (unpaired) electrons. The van der Waals surface area contributed by atoms with Gasteiger partial charge in [-0.25, -0.2) is 12.8 Å². The second kappa shape index (κ2) is 7.48. The first kappa shape index (κ1) is 19.0. The molecular weight excluding hydrogens is 393 g/mol. The molecule has 0 atom stereocenters. The van der Waals surface area contributed by atoms with Crippen molar-refractivity contribution < 1.29 is 26.9 Å². The van der Waals surface area contributed by atoms with Crippen LogP contribution in [0.3, 0.4) is 0 Å². The Morgan fingerprint density at radius 1 is 1.00 bits per heavy atom. The number of nitro groups is 1. The molecule has 0 saturated heterocycles. The number of rotatable bonds is 6. The lowest BCUT2D eigenvalue weighted by molar-refractivity contribution is -0.402. The quantitative estimate of drug-likeness (QED) is 0.477. The number of carbonyl (C=O) groups is 1. The van der Waals surface area contributed by atoms with E-state index in [0.717, 1.165) is 24.3 Å². The average Bonchev–Trinajstić information content (AvgIpc) is 3.14. The van der Waals surface area contributed by atoms with Gasteiger partial charge in [-0.3, -0.25) is 19.6 Å². The fraction of sp³-hybridized carbons (Fsp3) is 0. The third kappa shape index (κ3) is 4.15. The van der Waals surface area contributed by atoms with Crippen LogP contribution >= 0.6 is 0 Å². The highest BCUT2D eigenvalue weighted by Gasteiger charge is 2.19. The SMILES string of the molecule is O=C(Nc1ccc(NS(=O)(=O)c2ccccc2F)cc1)c1ccc([N+](=O)[O-])o1. The highest BCUT2D eigenvalue weighted by atomic mass is 32.2. The van der Waals surface area contributed by atoms with Crippen molar-refractivity contribution in [1.29, 1.82) is 0 Å². The summed E-state index contributed by atoms with van der Waals surface area (Å²) in [5, 5.41) is 13.0. The Balaban J connectivity index is 1.70. The van der Waals surface area contributed by atoms with E-state index in [1.54, 1.807) is 0 Å². The van der Waals surface area contributed by atoms with Gasteiger partial charge < -0.3 is 9.73 Å². The van der Waals surface area contributed by atoms with Gasteiger partial charge in [-0.1, -0.05) is 12.1 Å². The number of sulfonamides is 1. The predicted octanol–water partition coefficient (Wildman–Crippen LogP) is 3.38. The van der Waals surface area contributed by atoms with Crippen LogP contribution in [0.1, 0.15) is 10.6 Å². The normalized spacial score (nSPS) is 11.0. The topological polar surface area (TPSA) is 132 Å². The zero-order chi connectivity index (χ0) is 20.3. The highest BCUT2D eigenvalue weighted by Crippen LogP contribution is 2.21. The number of anilines is 2. The summed E-state index contributed by atoms with van der Waals surface area (Å²) in [7, 11) is -4.12. The first-order chi connectivity index (χ1) is 13.3. The summed E-state index contributed by atoms with van der Waals surface area (Å²) in [6.45, 7) is 0. The van der Waals surface area contributed by atoms with Gasteiger partial charge in [0.1, 0.15) is 15.6 Å². The first-order valence-corrected chi connectivity index (χ1v) is 9.17. The van der Waals surface area contributed by atoms with Gasteiger partial charge in [0.25, 0.3) is 15.9 Å². The lowest BCUT2D eigenvalue weighted by atomic mass is 10.3. The Labute approximate surface area is 158 Å². The molecule has 9 nitrogen and oxygen atoms in total. The van der Waals surface area contributed by atoms with Gasteiger partial charge in [-0.05, 0) is 42.5 Å². The fourth-order valence-electron chi connectivity index (χ4n) is 2.23. The molecule has 0 aliphatic heterocycles. The zero-order valence-electron chi connectivity index (χ0n) is 14.0. The summed E-state index contributed by atoms with van der Waals surface area (Å²) in [5.74, 6) is -2.42. The Bertz CT molecular complexity index is 1140. The van der Waals surface area contributed by atoms with Crippen LogP contribution in [0.2, 0.25) is 0 Å². The van der Waals surface area contributed by atoms with Crippen molar-refractivity contribution in [3.8, 4) is 0 Å². The molecule has 2 aromatic carbocycles. The van der Waals surface area contributed by atoms with Crippen molar-refractivity contribution in [1.82, 2.24) is 0 Å². The number of nitrogens with one attached hydrogen (secondary N) is 2. The van der Waals surface area contributed by atoms with Crippen LogP contribution in [0.25, 0.3) is 0 Å². The Morgan fingerprint density at radius 3 is 2.25 bits per heavy atom. The largest absolute Gasteiger partial charge is 0.433 e. The Kier molecular flexibility index (Phi) is 5.09. The van der Waals surface area contributed by atoms with E-state index in [1.807, 2.05) is 0 Å². The van der Waals surface area contributed by atoms with Crippen molar-refractivity contribution >= 4 is 33.2 Å². The smallest absolute Gasteiger partial charge is 0.395 e. The molecule has 0 aliphatic rings. The molecule has 3 rings (SSSR count). The molecule has 144 valence electrons. The lowest BCUT2D eigenvalue weighted by Gasteiger charge is -2.10. The van der Waals surface area contributed by atoms with Crippen molar-refractivity contribution in [2.24, 2.45) is 0 Å². The second-order valence-corrected chi connectivity index (χ2v) is 7.11. The van der Waals surface area contributed by atoms with Crippen LogP contribution in [0.4, 0.5) is 21.6 Å². The summed E-state index contributed by atoms with van der Waals surface area (Å²) < 4.78 is 45.2. The molecule has 0 bridgehead atoms. The second-order valence-electron chi connectivity index (χ2n) is 5.46. The molecule has 0 spiro atoms. The fourth-order valence-corrected chi connectivity index (χ4v) is 3.37. The minimum absolute atomic E-state index is 0.148. The molecule has 0 saturated carbocycles. The van der Waals surface area contributed by atoms with E-state index in [0.29, 0.717) is 0 Å². The molecule has 11 heteroatoms. The maximum Gasteiger partial charge on any atom is 0.433 e. The molecular formula is C17H12FN3O6S. The Hall–Kier alpha value is -3.73. The minimum atomic E-state index is -4.12. The van der Waals surface area contributed by atoms with Crippen molar-refractivity contribution in [3.05, 3.63) is 82.4 Å². The van der Waals surface area contributed by atoms with Crippen LogP contribution in [0.15, 0.2) is 70.0 Å². The summed E-state index contributed by atoms with van der Waals surface area (Å²) in [6, 6.07) is 12.7. The van der Waals surface area contributed by atoms with Gasteiger partial charge in [-0.15, -0.1) is 0 Å². The van der Waals surface area contributed by atoms with Gasteiger partial charge in [-0.2, -0.15) is 0 Å². The molecule has 1 heterocycles. The summed E-state index contributed by atoms with van der Waals surface area (Å²) >= 11 is 0. The third-order valence-electron chi connectivity index (χ3n) is 3.52. The van der Waals surface area contributed by atoms with Gasteiger partial charge in [0.15, 0.2) is 5.76 Å². The highest BCUT2D eigenvalue weighted by molar-refractivity contribution is 7.92. The van der Waals surface area contributed by atoms with Crippen LogP contribution in [-0.4, -0.2) is 19.2 Å². The van der Waals surface area contributed by atoms with Crippen LogP contribution < -0.4 is 10.0 Å². The third-order valence-corrected chi connectivity index (χ3v) is 4.93. The van der Waals surface area contributed by atoms with E-state index in [2.05, 4.69) is 10.0 Å². The first-order valence-electron chi connectivity index (χ1n) is 7.69. The molecule has 0 aliphatic carbocycles. The molecule has 1 aromatic heterocycles. The van der Waals surface area contributed by atoms with Crippen LogP contribution in [-0.2, 0) is 10.0 Å². The van der Waals surface area contributed by atoms with Gasteiger partial charge in [0.05, 0.1) is 6.07 Å². The molecule has 28 heavy (non-hydrogen) atoms. The van der Waals surface area contributed by atoms with Crippen LogP contribution in [0, 0.1) is 15.9 Å². The van der Waals surface area contributed by atoms with Crippen LogP contribution in [0.5, 0.6) is 0 Å². The summed E-state index contributed by atoms with van der Waals surface area (Å²) in [4.78, 5) is 21.3. The van der Waals surface area contributed by atoms with E-state index >= 15 is 0 Å². The van der Waals surface area contributed by atoms with Crippen molar-refractivity contribution in [2.45, 2.75) is 4.90 Å². The monoisotopic (exact) mass is 405 g/mol. The molecule has 0 fully saturated rings. The van der Waals surface area contributed by atoms with E-state index in [4.69, 9.17) is 4.42 Å². The number of hydrogen-bond acceptors (Lipinski definition) is 6. The van der Waals surface area contributed by atoms with E-state index in [1.165, 1.54) is 36.4 Å². The number of nitrogens with zero attached hydrogens (tertiary/aromatic N) is 1. The Morgan fingerprint density at radius 2 is 1.64 bits per heavy atom. The van der Waals surface area contributed by atoms with Gasteiger partial charge >= 0.3 is 5.88 Å². The zero-order valence-corrected chi connectivity index (χ0v) is 14.8. The lowest BCUT2D eigenvalue weighted by Crippen LogP contribution is -2.15. The number of halogens is 1. The minimum Gasteiger partial charge on any atom is -0.395 e. The average molecular weight is 405 g/mol. The number of carbonyl (C=O) groups excluding carboxylic acids is 1. The molecule has 0 unspecified atom stereocenters.